The average molecular weight is 308 g/mol. The van der Waals surface area contributed by atoms with E-state index >= 15 is 0 Å². The van der Waals surface area contributed by atoms with Crippen molar-refractivity contribution in [3.05, 3.63) is 45.2 Å². The number of hydrogen-bond acceptors (Lipinski definition) is 2. The van der Waals surface area contributed by atoms with Crippen LogP contribution in [0.3, 0.4) is 0 Å². The highest BCUT2D eigenvalue weighted by molar-refractivity contribution is 9.10. The summed E-state index contributed by atoms with van der Waals surface area (Å²) in [6.45, 7) is 6.89. The van der Waals surface area contributed by atoms with Gasteiger partial charge in [0.25, 0.3) is 0 Å². The highest BCUT2D eigenvalue weighted by Crippen LogP contribution is 2.24. The fourth-order valence-electron chi connectivity index (χ4n) is 2.06. The van der Waals surface area contributed by atoms with Gasteiger partial charge in [-0.05, 0) is 57.0 Å². The number of halogens is 1. The molecule has 0 unspecified atom stereocenters. The van der Waals surface area contributed by atoms with Crippen molar-refractivity contribution in [2.75, 3.05) is 6.54 Å². The van der Waals surface area contributed by atoms with Crippen LogP contribution in [0.15, 0.2) is 22.7 Å². The Kier molecular flexibility index (Phi) is 3.88. The van der Waals surface area contributed by atoms with Crippen molar-refractivity contribution in [2.24, 2.45) is 5.73 Å². The van der Waals surface area contributed by atoms with E-state index in [1.807, 2.05) is 17.7 Å². The van der Waals surface area contributed by atoms with Crippen molar-refractivity contribution in [2.45, 2.75) is 27.2 Å². The molecule has 0 aliphatic rings. The van der Waals surface area contributed by atoms with E-state index in [0.29, 0.717) is 6.54 Å². The summed E-state index contributed by atoms with van der Waals surface area (Å²) < 4.78 is 3.07. The van der Waals surface area contributed by atoms with Gasteiger partial charge in [-0.2, -0.15) is 5.10 Å². The Labute approximate surface area is 116 Å². The number of aromatic nitrogens is 2. The molecule has 0 fully saturated rings. The van der Waals surface area contributed by atoms with Crippen LogP contribution < -0.4 is 5.73 Å². The Hall–Kier alpha value is -1.13. The van der Waals surface area contributed by atoms with E-state index < -0.39 is 0 Å². The van der Waals surface area contributed by atoms with E-state index in [1.54, 1.807) is 0 Å². The molecular formula is C14H18BrN3. The molecular weight excluding hydrogens is 290 g/mol. The standard InChI is InChI=1S/C14H18BrN3/c1-9-10(2)17-18(11(9)3)14-8-13(15)5-4-12(14)6-7-16/h4-5,8H,6-7,16H2,1-3H3. The summed E-state index contributed by atoms with van der Waals surface area (Å²) >= 11 is 3.52. The SMILES string of the molecule is Cc1nn(-c2cc(Br)ccc2CCN)c(C)c1C. The zero-order valence-corrected chi connectivity index (χ0v) is 12.6. The Bertz CT molecular complexity index is 573. The number of nitrogens with zero attached hydrogens (tertiary/aromatic N) is 2. The first kappa shape index (κ1) is 13.3. The highest BCUT2D eigenvalue weighted by atomic mass is 79.9. The summed E-state index contributed by atoms with van der Waals surface area (Å²) in [6.07, 6.45) is 0.861. The smallest absolute Gasteiger partial charge is 0.0692 e. The zero-order valence-electron chi connectivity index (χ0n) is 11.0. The van der Waals surface area contributed by atoms with Crippen LogP contribution >= 0.6 is 15.9 Å². The van der Waals surface area contributed by atoms with Crippen LogP contribution in [0.1, 0.15) is 22.5 Å². The summed E-state index contributed by atoms with van der Waals surface area (Å²) in [7, 11) is 0. The molecule has 0 amide bonds. The second-order valence-corrected chi connectivity index (χ2v) is 5.44. The lowest BCUT2D eigenvalue weighted by molar-refractivity contribution is 0.812. The molecule has 1 heterocycles. The Morgan fingerprint density at radius 2 is 2.00 bits per heavy atom. The van der Waals surface area contributed by atoms with Gasteiger partial charge in [0.1, 0.15) is 0 Å². The Balaban J connectivity index is 2.61. The molecule has 0 aliphatic carbocycles. The maximum Gasteiger partial charge on any atom is 0.0692 e. The molecule has 1 aromatic heterocycles. The van der Waals surface area contributed by atoms with Gasteiger partial charge in [-0.15, -0.1) is 0 Å². The number of hydrogen-bond donors (Lipinski definition) is 1. The molecule has 3 nitrogen and oxygen atoms in total. The first-order valence-electron chi connectivity index (χ1n) is 6.06. The minimum absolute atomic E-state index is 0.646. The Morgan fingerprint density at radius 3 is 2.56 bits per heavy atom. The van der Waals surface area contributed by atoms with Crippen LogP contribution in [-0.2, 0) is 6.42 Å². The molecule has 0 atom stereocenters. The minimum atomic E-state index is 0.646. The van der Waals surface area contributed by atoms with Crippen molar-refractivity contribution >= 4 is 15.9 Å². The predicted octanol–water partition coefficient (Wildman–Crippen LogP) is 3.06. The monoisotopic (exact) mass is 307 g/mol. The lowest BCUT2D eigenvalue weighted by Crippen LogP contribution is -2.08. The molecule has 4 heteroatoms. The predicted molar refractivity (Wildman–Crippen MR) is 78.2 cm³/mol. The normalized spacial score (nSPS) is 10.9. The first-order chi connectivity index (χ1) is 8.54. The van der Waals surface area contributed by atoms with Crippen LogP contribution in [0.5, 0.6) is 0 Å². The summed E-state index contributed by atoms with van der Waals surface area (Å²) in [5, 5.41) is 4.62. The lowest BCUT2D eigenvalue weighted by atomic mass is 10.1. The van der Waals surface area contributed by atoms with E-state index in [1.165, 1.54) is 16.8 Å². The van der Waals surface area contributed by atoms with E-state index in [-0.39, 0.29) is 0 Å². The molecule has 1 aromatic carbocycles. The molecule has 0 bridgehead atoms. The summed E-state index contributed by atoms with van der Waals surface area (Å²) in [6, 6.07) is 6.26. The number of rotatable bonds is 3. The van der Waals surface area contributed by atoms with Crippen molar-refractivity contribution in [3.63, 3.8) is 0 Å². The van der Waals surface area contributed by atoms with Gasteiger partial charge < -0.3 is 5.73 Å². The van der Waals surface area contributed by atoms with Crippen LogP contribution in [0.25, 0.3) is 5.69 Å². The maximum atomic E-state index is 5.68. The average Bonchev–Trinajstić information content (AvgIpc) is 2.60. The van der Waals surface area contributed by atoms with Gasteiger partial charge in [-0.25, -0.2) is 4.68 Å². The maximum absolute atomic E-state index is 5.68. The molecule has 18 heavy (non-hydrogen) atoms. The molecule has 0 spiro atoms. The van der Waals surface area contributed by atoms with Gasteiger partial charge in [-0.1, -0.05) is 22.0 Å². The third-order valence-electron chi connectivity index (χ3n) is 3.34. The van der Waals surface area contributed by atoms with E-state index in [9.17, 15) is 0 Å². The lowest BCUT2D eigenvalue weighted by Gasteiger charge is -2.11. The fourth-order valence-corrected chi connectivity index (χ4v) is 2.41. The summed E-state index contributed by atoms with van der Waals surface area (Å²) in [5.74, 6) is 0. The first-order valence-corrected chi connectivity index (χ1v) is 6.85. The molecule has 0 saturated heterocycles. The molecule has 2 rings (SSSR count). The number of aryl methyl sites for hydroxylation is 1. The van der Waals surface area contributed by atoms with Crippen LogP contribution in [0, 0.1) is 20.8 Å². The van der Waals surface area contributed by atoms with Crippen molar-refractivity contribution in [1.29, 1.82) is 0 Å². The van der Waals surface area contributed by atoms with Gasteiger partial charge in [-0.3, -0.25) is 0 Å². The van der Waals surface area contributed by atoms with Crippen LogP contribution in [0.4, 0.5) is 0 Å². The summed E-state index contributed by atoms with van der Waals surface area (Å²) in [4.78, 5) is 0. The van der Waals surface area contributed by atoms with E-state index in [4.69, 9.17) is 5.73 Å². The second kappa shape index (κ2) is 5.24. The van der Waals surface area contributed by atoms with Gasteiger partial charge in [0, 0.05) is 10.2 Å². The van der Waals surface area contributed by atoms with Gasteiger partial charge >= 0.3 is 0 Å². The van der Waals surface area contributed by atoms with Gasteiger partial charge in [0.05, 0.1) is 11.4 Å². The number of benzene rings is 1. The molecule has 0 radical (unpaired) electrons. The van der Waals surface area contributed by atoms with Crippen molar-refractivity contribution in [3.8, 4) is 5.69 Å². The van der Waals surface area contributed by atoms with Gasteiger partial charge in [0.2, 0.25) is 0 Å². The van der Waals surface area contributed by atoms with E-state index in [0.717, 1.165) is 22.3 Å². The quantitative estimate of drug-likeness (QED) is 0.947. The highest BCUT2D eigenvalue weighted by Gasteiger charge is 2.12. The summed E-state index contributed by atoms with van der Waals surface area (Å²) in [5.41, 5.74) is 11.5. The second-order valence-electron chi connectivity index (χ2n) is 4.52. The third kappa shape index (κ3) is 2.35. The minimum Gasteiger partial charge on any atom is -0.330 e. The molecule has 2 N–H and O–H groups in total. The molecule has 2 aromatic rings. The largest absolute Gasteiger partial charge is 0.330 e. The van der Waals surface area contributed by atoms with Crippen LogP contribution in [-0.4, -0.2) is 16.3 Å². The molecule has 0 saturated carbocycles. The zero-order chi connectivity index (χ0) is 13.3. The Morgan fingerprint density at radius 1 is 1.28 bits per heavy atom. The van der Waals surface area contributed by atoms with Crippen LogP contribution in [0.2, 0.25) is 0 Å². The van der Waals surface area contributed by atoms with Crippen molar-refractivity contribution in [1.82, 2.24) is 9.78 Å². The van der Waals surface area contributed by atoms with E-state index in [2.05, 4.69) is 47.0 Å². The molecule has 0 aliphatic heterocycles. The molecule has 96 valence electrons. The topological polar surface area (TPSA) is 43.8 Å². The third-order valence-corrected chi connectivity index (χ3v) is 3.84. The fraction of sp³-hybridized carbons (Fsp3) is 0.357. The van der Waals surface area contributed by atoms with Gasteiger partial charge in [0.15, 0.2) is 0 Å². The number of nitrogens with two attached hydrogens (primary N) is 1. The van der Waals surface area contributed by atoms with Crippen molar-refractivity contribution < 1.29 is 0 Å².